The Morgan fingerprint density at radius 3 is 2.95 bits per heavy atom. The molecule has 0 amide bonds. The van der Waals surface area contributed by atoms with Gasteiger partial charge in [-0.1, -0.05) is 15.9 Å². The van der Waals surface area contributed by atoms with Crippen LogP contribution in [0.1, 0.15) is 12.0 Å². The molecule has 0 radical (unpaired) electrons. The van der Waals surface area contributed by atoms with E-state index in [1.165, 1.54) is 4.31 Å². The monoisotopic (exact) mass is 360 g/mol. The number of ether oxygens (including phenoxy) is 1. The lowest BCUT2D eigenvalue weighted by Crippen LogP contribution is -2.38. The van der Waals surface area contributed by atoms with Crippen molar-refractivity contribution in [3.8, 4) is 5.75 Å². The van der Waals surface area contributed by atoms with Crippen LogP contribution in [0.2, 0.25) is 0 Å². The molecule has 1 saturated heterocycles. The second kappa shape index (κ2) is 5.29. The molecule has 1 fully saturated rings. The molecule has 0 bridgehead atoms. The predicted octanol–water partition coefficient (Wildman–Crippen LogP) is 1.37. The van der Waals surface area contributed by atoms with E-state index in [1.54, 1.807) is 13.1 Å². The van der Waals surface area contributed by atoms with Crippen LogP contribution in [0.4, 0.5) is 0 Å². The Labute approximate surface area is 127 Å². The van der Waals surface area contributed by atoms with Crippen molar-refractivity contribution in [3.63, 3.8) is 0 Å². The van der Waals surface area contributed by atoms with Crippen molar-refractivity contribution in [2.75, 3.05) is 26.7 Å². The van der Waals surface area contributed by atoms with E-state index in [2.05, 4.69) is 21.2 Å². The second-order valence-electron chi connectivity index (χ2n) is 5.16. The third kappa shape index (κ3) is 2.36. The fourth-order valence-electron chi connectivity index (χ4n) is 2.73. The fourth-order valence-corrected chi connectivity index (χ4v) is 4.97. The van der Waals surface area contributed by atoms with Gasteiger partial charge in [0.05, 0.1) is 6.61 Å². The number of nitrogens with zero attached hydrogens (tertiary/aromatic N) is 1. The van der Waals surface area contributed by atoms with Gasteiger partial charge in [0.1, 0.15) is 10.6 Å². The third-order valence-electron chi connectivity index (χ3n) is 3.92. The molecule has 0 aliphatic carbocycles. The van der Waals surface area contributed by atoms with Crippen molar-refractivity contribution in [2.24, 2.45) is 0 Å². The summed E-state index contributed by atoms with van der Waals surface area (Å²) < 4.78 is 33.4. The first-order valence-electron chi connectivity index (χ1n) is 6.64. The number of rotatable bonds is 3. The molecular formula is C13H17BrN2O3S. The highest BCUT2D eigenvalue weighted by molar-refractivity contribution is 9.10. The molecule has 1 aromatic rings. The smallest absolute Gasteiger partial charge is 0.246 e. The van der Waals surface area contributed by atoms with Crippen LogP contribution in [0.25, 0.3) is 0 Å². The maximum Gasteiger partial charge on any atom is 0.246 e. The standard InChI is InChI=1S/C13H17BrN2O3S/c1-16(11-2-4-15-8-11)20(17,18)12-7-10(14)6-9-3-5-19-13(9)12/h6-7,11,15H,2-5,8H2,1H3. The summed E-state index contributed by atoms with van der Waals surface area (Å²) >= 11 is 3.39. The Kier molecular flexibility index (Phi) is 3.79. The second-order valence-corrected chi connectivity index (χ2v) is 8.04. The largest absolute Gasteiger partial charge is 0.492 e. The van der Waals surface area contributed by atoms with E-state index in [4.69, 9.17) is 4.74 Å². The van der Waals surface area contributed by atoms with E-state index in [0.717, 1.165) is 29.4 Å². The average Bonchev–Trinajstić information content (AvgIpc) is 3.07. The van der Waals surface area contributed by atoms with Crippen LogP contribution in [0.3, 0.4) is 0 Å². The molecule has 0 saturated carbocycles. The number of nitrogens with one attached hydrogen (secondary N) is 1. The zero-order chi connectivity index (χ0) is 14.3. The molecule has 0 aromatic heterocycles. The maximum absolute atomic E-state index is 12.8. The molecule has 1 unspecified atom stereocenters. The molecule has 1 atom stereocenters. The van der Waals surface area contributed by atoms with E-state index >= 15 is 0 Å². The van der Waals surface area contributed by atoms with E-state index in [-0.39, 0.29) is 10.9 Å². The van der Waals surface area contributed by atoms with Crippen molar-refractivity contribution in [2.45, 2.75) is 23.8 Å². The molecular weight excluding hydrogens is 344 g/mol. The summed E-state index contributed by atoms with van der Waals surface area (Å²) in [6, 6.07) is 3.58. The van der Waals surface area contributed by atoms with Gasteiger partial charge in [-0.2, -0.15) is 4.31 Å². The van der Waals surface area contributed by atoms with Crippen LogP contribution in [0.5, 0.6) is 5.75 Å². The van der Waals surface area contributed by atoms with Crippen molar-refractivity contribution in [3.05, 3.63) is 22.2 Å². The Balaban J connectivity index is 2.03. The molecule has 2 heterocycles. The lowest BCUT2D eigenvalue weighted by atomic mass is 10.2. The fraction of sp³-hybridized carbons (Fsp3) is 0.538. The quantitative estimate of drug-likeness (QED) is 0.884. The first-order valence-corrected chi connectivity index (χ1v) is 8.87. The normalized spacial score (nSPS) is 22.1. The Hall–Kier alpha value is -0.630. The van der Waals surface area contributed by atoms with Crippen LogP contribution in [0.15, 0.2) is 21.5 Å². The van der Waals surface area contributed by atoms with E-state index in [9.17, 15) is 8.42 Å². The van der Waals surface area contributed by atoms with Crippen LogP contribution in [-0.4, -0.2) is 45.5 Å². The van der Waals surface area contributed by atoms with Gasteiger partial charge >= 0.3 is 0 Å². The minimum absolute atomic E-state index is 0.0102. The third-order valence-corrected chi connectivity index (χ3v) is 6.29. The topological polar surface area (TPSA) is 58.6 Å². The number of benzene rings is 1. The number of hydrogen-bond donors (Lipinski definition) is 1. The molecule has 20 heavy (non-hydrogen) atoms. The van der Waals surface area contributed by atoms with Crippen molar-refractivity contribution in [1.29, 1.82) is 0 Å². The van der Waals surface area contributed by atoms with Gasteiger partial charge in [-0.05, 0) is 25.1 Å². The van der Waals surface area contributed by atoms with Crippen molar-refractivity contribution < 1.29 is 13.2 Å². The highest BCUT2D eigenvalue weighted by Gasteiger charge is 2.34. The van der Waals surface area contributed by atoms with Gasteiger partial charge in [-0.15, -0.1) is 0 Å². The van der Waals surface area contributed by atoms with Crippen molar-refractivity contribution in [1.82, 2.24) is 9.62 Å². The molecule has 2 aliphatic heterocycles. The summed E-state index contributed by atoms with van der Waals surface area (Å²) in [5.74, 6) is 0.519. The van der Waals surface area contributed by atoms with E-state index < -0.39 is 10.0 Å². The summed E-state index contributed by atoms with van der Waals surface area (Å²) in [5, 5.41) is 3.19. The summed E-state index contributed by atoms with van der Waals surface area (Å²) in [7, 11) is -1.88. The summed E-state index contributed by atoms with van der Waals surface area (Å²) in [4.78, 5) is 0.272. The van der Waals surface area contributed by atoms with Gasteiger partial charge in [-0.25, -0.2) is 8.42 Å². The first-order chi connectivity index (χ1) is 9.50. The molecule has 3 rings (SSSR count). The summed E-state index contributed by atoms with van der Waals surface area (Å²) in [5.41, 5.74) is 0.955. The number of hydrogen-bond acceptors (Lipinski definition) is 4. The minimum Gasteiger partial charge on any atom is -0.492 e. The average molecular weight is 361 g/mol. The van der Waals surface area contributed by atoms with Crippen molar-refractivity contribution >= 4 is 26.0 Å². The zero-order valence-electron chi connectivity index (χ0n) is 11.2. The van der Waals surface area contributed by atoms with Crippen LogP contribution in [-0.2, 0) is 16.4 Å². The molecule has 1 N–H and O–H groups in total. The maximum atomic E-state index is 12.8. The van der Waals surface area contributed by atoms with Crippen LogP contribution >= 0.6 is 15.9 Å². The lowest BCUT2D eigenvalue weighted by molar-refractivity contribution is 0.344. The first kappa shape index (κ1) is 14.3. The predicted molar refractivity (Wildman–Crippen MR) is 79.6 cm³/mol. The number of halogens is 1. The Morgan fingerprint density at radius 1 is 1.45 bits per heavy atom. The summed E-state index contributed by atoms with van der Waals surface area (Å²) in [6.07, 6.45) is 1.60. The number of likely N-dealkylation sites (N-methyl/N-ethyl adjacent to an activating group) is 1. The number of fused-ring (bicyclic) bond motifs is 1. The van der Waals surface area contributed by atoms with Gasteiger partial charge < -0.3 is 10.1 Å². The SMILES string of the molecule is CN(C1CCNC1)S(=O)(=O)c1cc(Br)cc2c1OCC2. The molecule has 110 valence electrons. The Morgan fingerprint density at radius 2 is 2.25 bits per heavy atom. The molecule has 1 aromatic carbocycles. The van der Waals surface area contributed by atoms with Gasteiger partial charge in [0.25, 0.3) is 0 Å². The molecule has 5 nitrogen and oxygen atoms in total. The highest BCUT2D eigenvalue weighted by Crippen LogP contribution is 2.37. The molecule has 7 heteroatoms. The molecule has 2 aliphatic rings. The van der Waals surface area contributed by atoms with Crippen LogP contribution in [0, 0.1) is 0 Å². The van der Waals surface area contributed by atoms with Crippen LogP contribution < -0.4 is 10.1 Å². The zero-order valence-corrected chi connectivity index (χ0v) is 13.6. The Bertz CT molecular complexity index is 627. The minimum atomic E-state index is -3.53. The number of sulfonamides is 1. The van der Waals surface area contributed by atoms with Gasteiger partial charge in [0.2, 0.25) is 10.0 Å². The van der Waals surface area contributed by atoms with E-state index in [0.29, 0.717) is 18.9 Å². The molecule has 0 spiro atoms. The van der Waals surface area contributed by atoms with Gasteiger partial charge in [0, 0.05) is 36.1 Å². The highest BCUT2D eigenvalue weighted by atomic mass is 79.9. The lowest BCUT2D eigenvalue weighted by Gasteiger charge is -2.24. The van der Waals surface area contributed by atoms with E-state index in [1.807, 2.05) is 6.07 Å². The van der Waals surface area contributed by atoms with Gasteiger partial charge in [0.15, 0.2) is 0 Å². The van der Waals surface area contributed by atoms with Gasteiger partial charge in [-0.3, -0.25) is 0 Å². The summed E-state index contributed by atoms with van der Waals surface area (Å²) in [6.45, 7) is 2.10.